The minimum atomic E-state index is -1.09. The van der Waals surface area contributed by atoms with Crippen LogP contribution < -0.4 is 20.7 Å². The van der Waals surface area contributed by atoms with Crippen molar-refractivity contribution in [1.29, 1.82) is 0 Å². The number of rotatable bonds is 5. The highest BCUT2D eigenvalue weighted by Crippen LogP contribution is 2.31. The van der Waals surface area contributed by atoms with E-state index in [-0.39, 0.29) is 11.2 Å². The molecule has 0 spiro atoms. The summed E-state index contributed by atoms with van der Waals surface area (Å²) in [4.78, 5) is 42.9. The Labute approximate surface area is 182 Å². The summed E-state index contributed by atoms with van der Waals surface area (Å²) in [5.41, 5.74) is 0.483. The first-order valence-electron chi connectivity index (χ1n) is 9.77. The molecule has 0 saturated carbocycles. The zero-order valence-corrected chi connectivity index (χ0v) is 18.6. The molecule has 0 bridgehead atoms. The van der Waals surface area contributed by atoms with Gasteiger partial charge in [-0.15, -0.1) is 0 Å². The average molecular weight is 441 g/mol. The fraction of sp³-hybridized carbons (Fsp3) is 0.333. The highest BCUT2D eigenvalue weighted by Gasteiger charge is 2.26. The molecule has 1 atom stereocenters. The number of carbonyl (C=O) groups excluding carboxylic acids is 1. The maximum absolute atomic E-state index is 13.3. The summed E-state index contributed by atoms with van der Waals surface area (Å²) in [5, 5.41) is 0. The number of esters is 1. The van der Waals surface area contributed by atoms with Crippen LogP contribution in [0.15, 0.2) is 34.0 Å². The van der Waals surface area contributed by atoms with Gasteiger partial charge in [0.2, 0.25) is 5.78 Å². The molecule has 0 aliphatic rings. The molecule has 4 aromatic rings. The summed E-state index contributed by atoms with van der Waals surface area (Å²) in [6.07, 6.45) is 1.74. The summed E-state index contributed by atoms with van der Waals surface area (Å²) in [6, 6.07) is 4.25. The Bertz CT molecular complexity index is 1490. The van der Waals surface area contributed by atoms with Gasteiger partial charge in [-0.05, 0) is 26.0 Å². The third-order valence-corrected chi connectivity index (χ3v) is 5.53. The second-order valence-electron chi connectivity index (χ2n) is 7.31. The van der Waals surface area contributed by atoms with Crippen LogP contribution in [0, 0.1) is 6.92 Å². The lowest BCUT2D eigenvalue weighted by atomic mass is 10.2. The van der Waals surface area contributed by atoms with Crippen LogP contribution in [-0.4, -0.2) is 50.4 Å². The molecule has 0 unspecified atom stereocenters. The molecule has 0 amide bonds. The molecular formula is C21H23N5O6. The molecule has 11 nitrogen and oxygen atoms in total. The van der Waals surface area contributed by atoms with Crippen molar-refractivity contribution in [2.24, 2.45) is 7.05 Å². The number of hydrogen-bond acceptors (Lipinski definition) is 7. The molecule has 168 valence electrons. The number of benzene rings is 1. The molecule has 1 aromatic carbocycles. The quantitative estimate of drug-likeness (QED) is 0.428. The number of hydrogen-bond donors (Lipinski definition) is 0. The Morgan fingerprint density at radius 1 is 1.12 bits per heavy atom. The van der Waals surface area contributed by atoms with Gasteiger partial charge in [0.1, 0.15) is 17.5 Å². The van der Waals surface area contributed by atoms with E-state index in [0.29, 0.717) is 23.0 Å². The molecule has 0 radical (unpaired) electrons. The van der Waals surface area contributed by atoms with Crippen LogP contribution >= 0.6 is 0 Å². The molecule has 4 rings (SSSR count). The monoisotopic (exact) mass is 441 g/mol. The van der Waals surface area contributed by atoms with E-state index in [4.69, 9.17) is 14.2 Å². The van der Waals surface area contributed by atoms with Crippen LogP contribution in [0.3, 0.4) is 0 Å². The van der Waals surface area contributed by atoms with Gasteiger partial charge in [0.15, 0.2) is 11.2 Å². The molecular weight excluding hydrogens is 418 g/mol. The van der Waals surface area contributed by atoms with Crippen LogP contribution in [0.1, 0.15) is 18.7 Å². The third kappa shape index (κ3) is 2.88. The highest BCUT2D eigenvalue weighted by molar-refractivity contribution is 5.78. The Kier molecular flexibility index (Phi) is 5.03. The van der Waals surface area contributed by atoms with Gasteiger partial charge in [0.05, 0.1) is 27.0 Å². The van der Waals surface area contributed by atoms with Crippen LogP contribution in [0.4, 0.5) is 0 Å². The van der Waals surface area contributed by atoms with E-state index in [0.717, 1.165) is 10.3 Å². The van der Waals surface area contributed by atoms with E-state index < -0.39 is 23.3 Å². The molecule has 32 heavy (non-hydrogen) atoms. The van der Waals surface area contributed by atoms with Crippen molar-refractivity contribution in [2.75, 3.05) is 21.3 Å². The molecule has 0 aliphatic heterocycles. The predicted molar refractivity (Wildman–Crippen MR) is 116 cm³/mol. The molecule has 3 heterocycles. The van der Waals surface area contributed by atoms with Gasteiger partial charge in [0.25, 0.3) is 5.56 Å². The Balaban J connectivity index is 2.11. The standard InChI is InChI=1S/C21H23N5O6/c1-11-10-24-16-17(23(3)21(29)26(18(16)27)12(2)19(28)32-6)22-20(24)25(11)14-9-13(30-4)7-8-15(14)31-5/h7-10,12H,1-6H3/t12-/m1/s1. The summed E-state index contributed by atoms with van der Waals surface area (Å²) < 4.78 is 21.1. The van der Waals surface area contributed by atoms with Crippen LogP contribution in [0.2, 0.25) is 0 Å². The summed E-state index contributed by atoms with van der Waals surface area (Å²) in [5.74, 6) is 0.897. The molecule has 11 heteroatoms. The number of nitrogens with zero attached hydrogens (tertiary/aromatic N) is 5. The maximum Gasteiger partial charge on any atom is 0.333 e. The van der Waals surface area contributed by atoms with E-state index in [1.807, 2.05) is 6.92 Å². The van der Waals surface area contributed by atoms with Crippen molar-refractivity contribution < 1.29 is 19.0 Å². The minimum absolute atomic E-state index is 0.168. The van der Waals surface area contributed by atoms with Crippen LogP contribution in [-0.2, 0) is 16.6 Å². The normalized spacial score (nSPS) is 12.3. The molecule has 3 aromatic heterocycles. The maximum atomic E-state index is 13.3. The second kappa shape index (κ2) is 7.59. The highest BCUT2D eigenvalue weighted by atomic mass is 16.5. The van der Waals surface area contributed by atoms with Gasteiger partial charge in [-0.3, -0.25) is 18.3 Å². The third-order valence-electron chi connectivity index (χ3n) is 5.53. The fourth-order valence-corrected chi connectivity index (χ4v) is 3.86. The van der Waals surface area contributed by atoms with Crippen molar-refractivity contribution in [3.8, 4) is 17.2 Å². The second-order valence-corrected chi connectivity index (χ2v) is 7.31. The molecule has 0 N–H and O–H groups in total. The van der Waals surface area contributed by atoms with Gasteiger partial charge in [-0.2, -0.15) is 4.98 Å². The average Bonchev–Trinajstić information content (AvgIpc) is 3.30. The number of aromatic nitrogens is 5. The Morgan fingerprint density at radius 2 is 1.84 bits per heavy atom. The topological polar surface area (TPSA) is 111 Å². The zero-order chi connectivity index (χ0) is 23.3. The number of aryl methyl sites for hydroxylation is 2. The van der Waals surface area contributed by atoms with Gasteiger partial charge in [0, 0.05) is 25.0 Å². The van der Waals surface area contributed by atoms with Gasteiger partial charge < -0.3 is 14.2 Å². The first-order valence-corrected chi connectivity index (χ1v) is 9.77. The fourth-order valence-electron chi connectivity index (χ4n) is 3.86. The van der Waals surface area contributed by atoms with Crippen LogP contribution in [0.25, 0.3) is 22.6 Å². The van der Waals surface area contributed by atoms with Crippen molar-refractivity contribution in [2.45, 2.75) is 19.9 Å². The number of methoxy groups -OCH3 is 3. The van der Waals surface area contributed by atoms with E-state index >= 15 is 0 Å². The number of imidazole rings is 2. The molecule has 0 saturated heterocycles. The SMILES string of the molecule is COC(=O)[C@@H](C)n1c(=O)c2c(nc3n(-c4cc(OC)ccc4OC)c(C)cn23)n(C)c1=O. The zero-order valence-electron chi connectivity index (χ0n) is 18.6. The largest absolute Gasteiger partial charge is 0.497 e. The van der Waals surface area contributed by atoms with Gasteiger partial charge in [-0.25, -0.2) is 14.2 Å². The molecule has 0 aliphatic carbocycles. The lowest BCUT2D eigenvalue weighted by Crippen LogP contribution is -2.43. The number of carbonyl (C=O) groups is 1. The lowest BCUT2D eigenvalue weighted by Gasteiger charge is -2.13. The van der Waals surface area contributed by atoms with E-state index in [1.165, 1.54) is 25.6 Å². The van der Waals surface area contributed by atoms with E-state index in [9.17, 15) is 14.4 Å². The van der Waals surface area contributed by atoms with E-state index in [2.05, 4.69) is 4.98 Å². The van der Waals surface area contributed by atoms with Gasteiger partial charge >= 0.3 is 11.7 Å². The summed E-state index contributed by atoms with van der Waals surface area (Å²) >= 11 is 0. The minimum Gasteiger partial charge on any atom is -0.497 e. The number of ether oxygens (including phenoxy) is 3. The Hall–Kier alpha value is -4.02. The van der Waals surface area contributed by atoms with Crippen LogP contribution in [0.5, 0.6) is 11.5 Å². The first-order chi connectivity index (χ1) is 15.2. The van der Waals surface area contributed by atoms with Crippen molar-refractivity contribution in [1.82, 2.24) is 23.1 Å². The number of fused-ring (bicyclic) bond motifs is 3. The van der Waals surface area contributed by atoms with Crippen molar-refractivity contribution >= 4 is 22.9 Å². The lowest BCUT2D eigenvalue weighted by molar-refractivity contribution is -0.144. The predicted octanol–water partition coefficient (Wildman–Crippen LogP) is 1.20. The Morgan fingerprint density at radius 3 is 2.47 bits per heavy atom. The molecule has 0 fully saturated rings. The first kappa shape index (κ1) is 21.2. The smallest absolute Gasteiger partial charge is 0.333 e. The summed E-state index contributed by atoms with van der Waals surface area (Å²) in [6.45, 7) is 3.30. The summed E-state index contributed by atoms with van der Waals surface area (Å²) in [7, 11) is 5.82. The van der Waals surface area contributed by atoms with Gasteiger partial charge in [-0.1, -0.05) is 0 Å². The van der Waals surface area contributed by atoms with Crippen molar-refractivity contribution in [3.05, 3.63) is 50.9 Å². The van der Waals surface area contributed by atoms with E-state index in [1.54, 1.807) is 47.6 Å². The van der Waals surface area contributed by atoms with Crippen molar-refractivity contribution in [3.63, 3.8) is 0 Å².